The third kappa shape index (κ3) is 2.47. The summed E-state index contributed by atoms with van der Waals surface area (Å²) in [5.74, 6) is 0.623. The minimum atomic E-state index is -0.678. The maximum Gasteiger partial charge on any atom is 0.233 e. The first-order valence-corrected chi connectivity index (χ1v) is 6.83. The molecule has 1 aromatic heterocycles. The highest BCUT2D eigenvalue weighted by Crippen LogP contribution is 2.39. The van der Waals surface area contributed by atoms with Crippen molar-refractivity contribution in [3.63, 3.8) is 0 Å². The van der Waals surface area contributed by atoms with E-state index in [9.17, 15) is 4.79 Å². The largest absolute Gasteiger partial charge is 0.392 e. The van der Waals surface area contributed by atoms with E-state index in [1.807, 2.05) is 14.0 Å². The van der Waals surface area contributed by atoms with Crippen LogP contribution in [0.1, 0.15) is 44.5 Å². The highest BCUT2D eigenvalue weighted by Gasteiger charge is 2.44. The Labute approximate surface area is 117 Å². The number of carbonyl (C=O) groups is 1. The fourth-order valence-electron chi connectivity index (χ4n) is 2.65. The average molecular weight is 281 g/mol. The van der Waals surface area contributed by atoms with Gasteiger partial charge in [0.25, 0.3) is 0 Å². The Balaban J connectivity index is 2.12. The predicted molar refractivity (Wildman–Crippen MR) is 75.2 cm³/mol. The fourth-order valence-corrected chi connectivity index (χ4v) is 2.94. The van der Waals surface area contributed by atoms with Gasteiger partial charge in [-0.2, -0.15) is 0 Å². The maximum atomic E-state index is 12.5. The van der Waals surface area contributed by atoms with Gasteiger partial charge in [0.1, 0.15) is 6.33 Å². The van der Waals surface area contributed by atoms with Gasteiger partial charge < -0.3 is 15.6 Å². The molecule has 3 N–H and O–H groups in total. The molecule has 7 heteroatoms. The Morgan fingerprint density at radius 1 is 1.58 bits per heavy atom. The first kappa shape index (κ1) is 13.9. The first-order chi connectivity index (χ1) is 8.97. The lowest BCUT2D eigenvalue weighted by atomic mass is 9.85. The van der Waals surface area contributed by atoms with Crippen LogP contribution in [-0.4, -0.2) is 25.7 Å². The second-order valence-corrected chi connectivity index (χ2v) is 5.59. The summed E-state index contributed by atoms with van der Waals surface area (Å²) in [6.07, 6.45) is 5.06. The van der Waals surface area contributed by atoms with E-state index < -0.39 is 5.41 Å². The van der Waals surface area contributed by atoms with E-state index >= 15 is 0 Å². The number of nitrogens with zero attached hydrogens (tertiary/aromatic N) is 3. The minimum Gasteiger partial charge on any atom is -0.392 e. The Morgan fingerprint density at radius 3 is 2.68 bits per heavy atom. The number of hydrogen-bond acceptors (Lipinski definition) is 4. The third-order valence-corrected chi connectivity index (χ3v) is 4.24. The predicted octanol–water partition coefficient (Wildman–Crippen LogP) is 0.839. The molecule has 1 saturated carbocycles. The highest BCUT2D eigenvalue weighted by molar-refractivity contribution is 7.80. The van der Waals surface area contributed by atoms with Gasteiger partial charge in [0.05, 0.1) is 16.4 Å². The molecule has 104 valence electrons. The van der Waals surface area contributed by atoms with Gasteiger partial charge in [0, 0.05) is 7.05 Å². The number of aromatic nitrogens is 3. The molecule has 0 aromatic carbocycles. The third-order valence-electron chi connectivity index (χ3n) is 3.84. The van der Waals surface area contributed by atoms with E-state index in [1.165, 1.54) is 0 Å². The molecule has 1 heterocycles. The van der Waals surface area contributed by atoms with E-state index in [-0.39, 0.29) is 11.9 Å². The Bertz CT molecular complexity index is 492. The smallest absolute Gasteiger partial charge is 0.233 e. The molecule has 1 fully saturated rings. The van der Waals surface area contributed by atoms with E-state index in [2.05, 4.69) is 15.5 Å². The summed E-state index contributed by atoms with van der Waals surface area (Å²) in [6, 6.07) is -0.216. The molecule has 1 unspecified atom stereocenters. The van der Waals surface area contributed by atoms with Crippen LogP contribution in [0.25, 0.3) is 0 Å². The molecule has 2 rings (SSSR count). The van der Waals surface area contributed by atoms with Crippen molar-refractivity contribution in [2.24, 2.45) is 18.2 Å². The number of nitrogens with one attached hydrogen (secondary N) is 1. The van der Waals surface area contributed by atoms with Crippen LogP contribution in [0, 0.1) is 5.41 Å². The Hall–Kier alpha value is -1.50. The summed E-state index contributed by atoms with van der Waals surface area (Å²) in [6.45, 7) is 1.88. The summed E-state index contributed by atoms with van der Waals surface area (Å²) in [5, 5.41) is 10.8. The molecule has 1 aliphatic carbocycles. The quantitative estimate of drug-likeness (QED) is 0.799. The number of aryl methyl sites for hydroxylation is 1. The van der Waals surface area contributed by atoms with Crippen molar-refractivity contribution in [2.45, 2.75) is 38.6 Å². The van der Waals surface area contributed by atoms with Gasteiger partial charge in [0.2, 0.25) is 5.91 Å². The highest BCUT2D eigenvalue weighted by atomic mass is 32.1. The normalized spacial score (nSPS) is 19.1. The second kappa shape index (κ2) is 5.24. The molecule has 0 radical (unpaired) electrons. The summed E-state index contributed by atoms with van der Waals surface area (Å²) in [5.41, 5.74) is 5.12. The van der Waals surface area contributed by atoms with E-state index in [0.717, 1.165) is 25.7 Å². The molecular formula is C12H19N5OS. The summed E-state index contributed by atoms with van der Waals surface area (Å²) in [7, 11) is 1.84. The van der Waals surface area contributed by atoms with Gasteiger partial charge in [-0.1, -0.05) is 25.1 Å². The van der Waals surface area contributed by atoms with Crippen molar-refractivity contribution < 1.29 is 4.79 Å². The van der Waals surface area contributed by atoms with Crippen LogP contribution in [0.3, 0.4) is 0 Å². The molecule has 0 aliphatic heterocycles. The molecule has 0 saturated heterocycles. The lowest BCUT2D eigenvalue weighted by Gasteiger charge is -2.28. The van der Waals surface area contributed by atoms with Crippen LogP contribution in [0.2, 0.25) is 0 Å². The average Bonchev–Trinajstić information content (AvgIpc) is 2.97. The summed E-state index contributed by atoms with van der Waals surface area (Å²) in [4.78, 5) is 12.8. The van der Waals surface area contributed by atoms with Gasteiger partial charge in [-0.15, -0.1) is 10.2 Å². The van der Waals surface area contributed by atoms with Gasteiger partial charge in [-0.05, 0) is 19.8 Å². The van der Waals surface area contributed by atoms with Crippen LogP contribution >= 0.6 is 12.2 Å². The van der Waals surface area contributed by atoms with Crippen molar-refractivity contribution >= 4 is 23.1 Å². The summed E-state index contributed by atoms with van der Waals surface area (Å²) >= 11 is 5.11. The lowest BCUT2D eigenvalue weighted by molar-refractivity contribution is -0.128. The zero-order valence-corrected chi connectivity index (χ0v) is 12.0. The number of nitrogens with two attached hydrogens (primary N) is 1. The molecule has 6 nitrogen and oxygen atoms in total. The number of hydrogen-bond donors (Lipinski definition) is 2. The SMILES string of the molecule is CC(NC(=O)C1(C(N)=S)CCCC1)c1nncn1C. The summed E-state index contributed by atoms with van der Waals surface area (Å²) < 4.78 is 1.78. The first-order valence-electron chi connectivity index (χ1n) is 6.42. The van der Waals surface area contributed by atoms with Crippen LogP contribution in [-0.2, 0) is 11.8 Å². The zero-order valence-electron chi connectivity index (χ0n) is 11.2. The molecule has 1 aliphatic rings. The number of rotatable bonds is 4. The van der Waals surface area contributed by atoms with Crippen LogP contribution < -0.4 is 11.1 Å². The van der Waals surface area contributed by atoms with Crippen LogP contribution in [0.5, 0.6) is 0 Å². The number of amides is 1. The molecule has 1 amide bonds. The van der Waals surface area contributed by atoms with Gasteiger partial charge >= 0.3 is 0 Å². The lowest BCUT2D eigenvalue weighted by Crippen LogP contribution is -2.48. The van der Waals surface area contributed by atoms with Crippen molar-refractivity contribution in [1.29, 1.82) is 0 Å². The molecule has 1 aromatic rings. The Kier molecular flexibility index (Phi) is 3.84. The van der Waals surface area contributed by atoms with E-state index in [1.54, 1.807) is 10.9 Å². The van der Waals surface area contributed by atoms with Crippen molar-refractivity contribution in [1.82, 2.24) is 20.1 Å². The maximum absolute atomic E-state index is 12.5. The molecule has 19 heavy (non-hydrogen) atoms. The Morgan fingerprint density at radius 2 is 2.21 bits per heavy atom. The number of thiocarbonyl (C=S) groups is 1. The van der Waals surface area contributed by atoms with Crippen molar-refractivity contribution in [2.75, 3.05) is 0 Å². The minimum absolute atomic E-state index is 0.0898. The molecule has 0 bridgehead atoms. The topological polar surface area (TPSA) is 85.8 Å². The standard InChI is InChI=1S/C12H19N5OS/c1-8(9-16-14-7-17(9)2)15-11(18)12(10(13)19)5-3-4-6-12/h7-8H,3-6H2,1-2H3,(H2,13,19)(H,15,18). The molecular weight excluding hydrogens is 262 g/mol. The van der Waals surface area contributed by atoms with Gasteiger partial charge in [-0.25, -0.2) is 0 Å². The van der Waals surface area contributed by atoms with Gasteiger partial charge in [0.15, 0.2) is 5.82 Å². The van der Waals surface area contributed by atoms with Crippen molar-refractivity contribution in [3.8, 4) is 0 Å². The molecule has 1 atom stereocenters. The van der Waals surface area contributed by atoms with E-state index in [0.29, 0.717) is 10.8 Å². The zero-order chi connectivity index (χ0) is 14.0. The monoisotopic (exact) mass is 281 g/mol. The van der Waals surface area contributed by atoms with E-state index in [4.69, 9.17) is 18.0 Å². The fraction of sp³-hybridized carbons (Fsp3) is 0.667. The van der Waals surface area contributed by atoms with Crippen LogP contribution in [0.15, 0.2) is 6.33 Å². The van der Waals surface area contributed by atoms with Gasteiger partial charge in [-0.3, -0.25) is 4.79 Å². The van der Waals surface area contributed by atoms with Crippen molar-refractivity contribution in [3.05, 3.63) is 12.2 Å². The number of carbonyl (C=O) groups excluding carboxylic acids is 1. The van der Waals surface area contributed by atoms with Crippen LogP contribution in [0.4, 0.5) is 0 Å². The second-order valence-electron chi connectivity index (χ2n) is 5.15. The molecule has 0 spiro atoms.